The highest BCUT2D eigenvalue weighted by Crippen LogP contribution is 2.36. The van der Waals surface area contributed by atoms with Gasteiger partial charge < -0.3 is 9.31 Å². The fourth-order valence-electron chi connectivity index (χ4n) is 3.62. The van der Waals surface area contributed by atoms with Crippen LogP contribution in [0.4, 0.5) is 0 Å². The summed E-state index contributed by atoms with van der Waals surface area (Å²) < 4.78 is 15.9. The standard InChI is InChI=1S/C23H29BN4O3/c1-7-27-15-19(14-25-27)28-12-11-20(29)21(26-28)16(2)17-9-8-10-18(13-17)24-30-22(3,4)23(5,6)31-24/h8-16H,7H2,1-6H3. The molecule has 0 saturated carbocycles. The van der Waals surface area contributed by atoms with E-state index in [2.05, 4.69) is 10.2 Å². The number of aryl methyl sites for hydroxylation is 1. The second kappa shape index (κ2) is 7.77. The highest BCUT2D eigenvalue weighted by atomic mass is 16.7. The summed E-state index contributed by atoms with van der Waals surface area (Å²) in [7, 11) is -0.447. The van der Waals surface area contributed by atoms with Crippen molar-refractivity contribution in [1.82, 2.24) is 19.6 Å². The zero-order valence-corrected chi connectivity index (χ0v) is 19.0. The first-order valence-electron chi connectivity index (χ1n) is 10.7. The molecule has 4 rings (SSSR count). The molecular weight excluding hydrogens is 391 g/mol. The van der Waals surface area contributed by atoms with Crippen molar-refractivity contribution in [2.75, 3.05) is 0 Å². The average molecular weight is 420 g/mol. The van der Waals surface area contributed by atoms with Crippen molar-refractivity contribution in [2.45, 2.75) is 65.2 Å². The van der Waals surface area contributed by atoms with Crippen molar-refractivity contribution >= 4 is 12.6 Å². The van der Waals surface area contributed by atoms with E-state index in [4.69, 9.17) is 9.31 Å². The molecule has 162 valence electrons. The summed E-state index contributed by atoms with van der Waals surface area (Å²) in [5.74, 6) is -0.191. The number of nitrogens with zero attached hydrogens (tertiary/aromatic N) is 4. The summed E-state index contributed by atoms with van der Waals surface area (Å²) >= 11 is 0. The molecule has 1 atom stereocenters. The van der Waals surface area contributed by atoms with Gasteiger partial charge in [-0.3, -0.25) is 9.48 Å². The molecule has 0 N–H and O–H groups in total. The van der Waals surface area contributed by atoms with Crippen LogP contribution >= 0.6 is 0 Å². The molecule has 1 aliphatic rings. The monoisotopic (exact) mass is 420 g/mol. The Morgan fingerprint density at radius 1 is 1.13 bits per heavy atom. The first-order valence-corrected chi connectivity index (χ1v) is 10.7. The van der Waals surface area contributed by atoms with Gasteiger partial charge in [-0.2, -0.15) is 10.2 Å². The van der Waals surface area contributed by atoms with Crippen LogP contribution in [0.15, 0.2) is 53.7 Å². The molecule has 3 heterocycles. The Morgan fingerprint density at radius 2 is 1.84 bits per heavy atom. The molecule has 1 saturated heterocycles. The normalized spacial score (nSPS) is 18.3. The molecule has 0 spiro atoms. The zero-order chi connectivity index (χ0) is 22.4. The largest absolute Gasteiger partial charge is 0.494 e. The lowest BCUT2D eigenvalue weighted by Gasteiger charge is -2.32. The highest BCUT2D eigenvalue weighted by Gasteiger charge is 2.51. The summed E-state index contributed by atoms with van der Waals surface area (Å²) in [5, 5.41) is 8.92. The molecule has 1 fully saturated rings. The Kier molecular flexibility index (Phi) is 5.39. The van der Waals surface area contributed by atoms with Gasteiger partial charge in [0.15, 0.2) is 0 Å². The fourth-order valence-corrected chi connectivity index (χ4v) is 3.62. The number of hydrogen-bond donors (Lipinski definition) is 0. The average Bonchev–Trinajstić information content (AvgIpc) is 3.30. The first kappa shape index (κ1) is 21.5. The van der Waals surface area contributed by atoms with E-state index in [-0.39, 0.29) is 11.3 Å². The van der Waals surface area contributed by atoms with Crippen LogP contribution in [0.3, 0.4) is 0 Å². The van der Waals surface area contributed by atoms with Crippen LogP contribution in [-0.4, -0.2) is 37.9 Å². The van der Waals surface area contributed by atoms with Gasteiger partial charge in [0.05, 0.1) is 23.6 Å². The lowest BCUT2D eigenvalue weighted by Crippen LogP contribution is -2.41. The quantitative estimate of drug-likeness (QED) is 0.594. The van der Waals surface area contributed by atoms with E-state index in [0.29, 0.717) is 5.69 Å². The summed E-state index contributed by atoms with van der Waals surface area (Å²) in [4.78, 5) is 12.6. The Morgan fingerprint density at radius 3 is 2.48 bits per heavy atom. The summed E-state index contributed by atoms with van der Waals surface area (Å²) in [5.41, 5.74) is 2.32. The van der Waals surface area contributed by atoms with Crippen molar-refractivity contribution in [2.24, 2.45) is 0 Å². The molecule has 0 aliphatic carbocycles. The molecule has 31 heavy (non-hydrogen) atoms. The lowest BCUT2D eigenvalue weighted by molar-refractivity contribution is 0.00578. The number of benzene rings is 1. The van der Waals surface area contributed by atoms with Crippen molar-refractivity contribution in [3.63, 3.8) is 0 Å². The summed E-state index contributed by atoms with van der Waals surface area (Å²) in [6.45, 7) is 12.9. The molecule has 0 radical (unpaired) electrons. The van der Waals surface area contributed by atoms with Gasteiger partial charge in [-0.15, -0.1) is 0 Å². The van der Waals surface area contributed by atoms with Crippen molar-refractivity contribution in [3.05, 3.63) is 70.4 Å². The fraction of sp³-hybridized carbons (Fsp3) is 0.435. The maximum Gasteiger partial charge on any atom is 0.494 e. The van der Waals surface area contributed by atoms with Gasteiger partial charge in [-0.05, 0) is 45.6 Å². The molecule has 2 aromatic heterocycles. The Labute approximate surface area is 183 Å². The van der Waals surface area contributed by atoms with Crippen LogP contribution in [0.25, 0.3) is 5.69 Å². The minimum Gasteiger partial charge on any atom is -0.399 e. The van der Waals surface area contributed by atoms with E-state index in [1.165, 1.54) is 0 Å². The predicted octanol–water partition coefficient (Wildman–Crippen LogP) is 2.90. The van der Waals surface area contributed by atoms with Gasteiger partial charge in [0.2, 0.25) is 5.43 Å². The molecule has 0 bridgehead atoms. The first-order chi connectivity index (χ1) is 14.6. The van der Waals surface area contributed by atoms with E-state index < -0.39 is 18.3 Å². The van der Waals surface area contributed by atoms with Gasteiger partial charge in [-0.25, -0.2) is 4.68 Å². The number of rotatable bonds is 5. The van der Waals surface area contributed by atoms with Crippen LogP contribution in [-0.2, 0) is 15.9 Å². The highest BCUT2D eigenvalue weighted by molar-refractivity contribution is 6.62. The number of aromatic nitrogens is 4. The minimum atomic E-state index is -0.447. The van der Waals surface area contributed by atoms with E-state index in [0.717, 1.165) is 23.3 Å². The lowest BCUT2D eigenvalue weighted by atomic mass is 9.77. The maximum atomic E-state index is 12.6. The molecule has 3 aromatic rings. The van der Waals surface area contributed by atoms with E-state index in [1.807, 2.05) is 76.7 Å². The second-order valence-electron chi connectivity index (χ2n) is 9.04. The molecule has 1 aliphatic heterocycles. The summed E-state index contributed by atoms with van der Waals surface area (Å²) in [6, 6.07) is 9.57. The Balaban J connectivity index is 1.65. The third-order valence-corrected chi connectivity index (χ3v) is 6.39. The maximum absolute atomic E-state index is 12.6. The zero-order valence-electron chi connectivity index (χ0n) is 19.0. The SMILES string of the molecule is CCn1cc(-n2ccc(=O)c(C(C)c3cccc(B4OC(C)(C)C(C)(C)O4)c3)n2)cn1. The third-order valence-electron chi connectivity index (χ3n) is 6.39. The van der Waals surface area contributed by atoms with E-state index in [1.54, 1.807) is 23.1 Å². The molecule has 1 aromatic carbocycles. The Bertz CT molecular complexity index is 1140. The van der Waals surface area contributed by atoms with Crippen LogP contribution in [0.1, 0.15) is 58.7 Å². The van der Waals surface area contributed by atoms with Crippen LogP contribution < -0.4 is 10.9 Å². The van der Waals surface area contributed by atoms with Crippen molar-refractivity contribution in [1.29, 1.82) is 0 Å². The van der Waals surface area contributed by atoms with Gasteiger partial charge >= 0.3 is 7.12 Å². The van der Waals surface area contributed by atoms with E-state index in [9.17, 15) is 4.79 Å². The topological polar surface area (TPSA) is 71.2 Å². The second-order valence-corrected chi connectivity index (χ2v) is 9.04. The third kappa shape index (κ3) is 3.97. The number of hydrogen-bond acceptors (Lipinski definition) is 5. The molecule has 1 unspecified atom stereocenters. The van der Waals surface area contributed by atoms with Gasteiger partial charge in [0.25, 0.3) is 0 Å². The molecule has 7 nitrogen and oxygen atoms in total. The van der Waals surface area contributed by atoms with Gasteiger partial charge in [-0.1, -0.05) is 31.2 Å². The summed E-state index contributed by atoms with van der Waals surface area (Å²) in [6.07, 6.45) is 5.33. The van der Waals surface area contributed by atoms with Crippen LogP contribution in [0.5, 0.6) is 0 Å². The van der Waals surface area contributed by atoms with Crippen molar-refractivity contribution in [3.8, 4) is 5.69 Å². The Hall–Kier alpha value is -2.71. The smallest absolute Gasteiger partial charge is 0.399 e. The minimum absolute atomic E-state index is 0.0901. The van der Waals surface area contributed by atoms with Crippen molar-refractivity contribution < 1.29 is 9.31 Å². The van der Waals surface area contributed by atoms with Crippen LogP contribution in [0, 0.1) is 0 Å². The molecular formula is C23H29BN4O3. The van der Waals surface area contributed by atoms with Gasteiger partial charge in [0, 0.05) is 24.7 Å². The van der Waals surface area contributed by atoms with Crippen LogP contribution in [0.2, 0.25) is 0 Å². The molecule has 8 heteroatoms. The van der Waals surface area contributed by atoms with Gasteiger partial charge in [0.1, 0.15) is 11.4 Å². The predicted molar refractivity (Wildman–Crippen MR) is 121 cm³/mol. The van der Waals surface area contributed by atoms with E-state index >= 15 is 0 Å². The molecule has 0 amide bonds.